The van der Waals surface area contributed by atoms with E-state index >= 15 is 0 Å². The van der Waals surface area contributed by atoms with Crippen LogP contribution in [-0.2, 0) is 6.42 Å². The van der Waals surface area contributed by atoms with Crippen LogP contribution in [0.2, 0.25) is 0 Å². The molecular formula is C25H22O. The van der Waals surface area contributed by atoms with E-state index in [0.717, 1.165) is 22.8 Å². The van der Waals surface area contributed by atoms with Gasteiger partial charge in [-0.05, 0) is 34.1 Å². The van der Waals surface area contributed by atoms with Crippen LogP contribution in [0, 0.1) is 0 Å². The van der Waals surface area contributed by atoms with Crippen molar-refractivity contribution in [2.24, 2.45) is 0 Å². The lowest BCUT2D eigenvalue weighted by atomic mass is 9.81. The Labute approximate surface area is 154 Å². The minimum Gasteiger partial charge on any atom is -0.507 e. The highest BCUT2D eigenvalue weighted by Gasteiger charge is 2.21. The van der Waals surface area contributed by atoms with Crippen LogP contribution >= 0.6 is 0 Å². The zero-order valence-corrected chi connectivity index (χ0v) is 14.9. The Balaban J connectivity index is 2.05. The van der Waals surface area contributed by atoms with E-state index in [1.165, 1.54) is 16.7 Å². The molecule has 0 aliphatic rings. The average Bonchev–Trinajstić information content (AvgIpc) is 2.72. The molecule has 0 fully saturated rings. The smallest absolute Gasteiger partial charge is 0.126 e. The fraction of sp³-hybridized carbons (Fsp3) is 0.120. The molecule has 1 nitrogen and oxygen atoms in total. The molecule has 26 heavy (non-hydrogen) atoms. The molecule has 0 heterocycles. The van der Waals surface area contributed by atoms with E-state index in [1.807, 2.05) is 18.2 Å². The highest BCUT2D eigenvalue weighted by atomic mass is 16.3. The minimum absolute atomic E-state index is 0.133. The second-order valence-electron chi connectivity index (χ2n) is 6.63. The number of hydrogen-bond donors (Lipinski definition) is 1. The van der Waals surface area contributed by atoms with Crippen LogP contribution in [0.4, 0.5) is 0 Å². The monoisotopic (exact) mass is 338 g/mol. The fourth-order valence-electron chi connectivity index (χ4n) is 3.80. The Morgan fingerprint density at radius 2 is 1.19 bits per heavy atom. The second kappa shape index (κ2) is 7.05. The molecule has 128 valence electrons. The van der Waals surface area contributed by atoms with Gasteiger partial charge in [0.1, 0.15) is 5.75 Å². The molecule has 0 aliphatic heterocycles. The van der Waals surface area contributed by atoms with Gasteiger partial charge in [0, 0.05) is 11.3 Å². The number of hydrogen-bond acceptors (Lipinski definition) is 1. The summed E-state index contributed by atoms with van der Waals surface area (Å²) in [6.45, 7) is 2.09. The molecule has 4 rings (SSSR count). The Hall–Kier alpha value is -3.06. The normalized spacial score (nSPS) is 11.2. The predicted octanol–water partition coefficient (Wildman–Crippen LogP) is 6.29. The summed E-state index contributed by atoms with van der Waals surface area (Å²) in [5.41, 5.74) is 4.76. The lowest BCUT2D eigenvalue weighted by molar-refractivity contribution is 0.475. The van der Waals surface area contributed by atoms with Crippen molar-refractivity contribution in [3.63, 3.8) is 0 Å². The van der Waals surface area contributed by atoms with Crippen LogP contribution in [0.3, 0.4) is 0 Å². The van der Waals surface area contributed by atoms with E-state index in [9.17, 15) is 5.11 Å². The zero-order chi connectivity index (χ0) is 17.9. The Morgan fingerprint density at radius 3 is 1.73 bits per heavy atom. The van der Waals surface area contributed by atoms with Gasteiger partial charge in [-0.2, -0.15) is 0 Å². The van der Waals surface area contributed by atoms with Crippen LogP contribution in [-0.4, -0.2) is 5.11 Å². The molecule has 0 bridgehead atoms. The van der Waals surface area contributed by atoms with Gasteiger partial charge in [0.2, 0.25) is 0 Å². The van der Waals surface area contributed by atoms with Crippen molar-refractivity contribution in [2.75, 3.05) is 0 Å². The molecule has 0 saturated carbocycles. The summed E-state index contributed by atoms with van der Waals surface area (Å²) in [6, 6.07) is 31.6. The first-order valence-corrected chi connectivity index (χ1v) is 9.13. The molecule has 1 N–H and O–H groups in total. The molecule has 0 aliphatic carbocycles. The molecule has 0 saturated heterocycles. The van der Waals surface area contributed by atoms with Gasteiger partial charge in [0.05, 0.1) is 0 Å². The van der Waals surface area contributed by atoms with Gasteiger partial charge in [-0.3, -0.25) is 0 Å². The number of aryl methyl sites for hydroxylation is 1. The van der Waals surface area contributed by atoms with Gasteiger partial charge in [-0.25, -0.2) is 0 Å². The number of fused-ring (bicyclic) bond motifs is 1. The first kappa shape index (κ1) is 16.4. The van der Waals surface area contributed by atoms with E-state index in [2.05, 4.69) is 79.7 Å². The summed E-state index contributed by atoms with van der Waals surface area (Å²) < 4.78 is 0. The lowest BCUT2D eigenvalue weighted by Crippen LogP contribution is -2.05. The zero-order valence-electron chi connectivity index (χ0n) is 14.9. The SMILES string of the molecule is CCc1cc(C(c2ccccc2)c2ccccc2)c2ccccc2c1O. The molecule has 0 atom stereocenters. The van der Waals surface area contributed by atoms with Crippen molar-refractivity contribution in [3.05, 3.63) is 113 Å². The Morgan fingerprint density at radius 1 is 0.692 bits per heavy atom. The van der Waals surface area contributed by atoms with Crippen LogP contribution in [0.1, 0.15) is 35.1 Å². The third kappa shape index (κ3) is 2.86. The maximum absolute atomic E-state index is 10.7. The van der Waals surface area contributed by atoms with E-state index < -0.39 is 0 Å². The van der Waals surface area contributed by atoms with E-state index in [0.29, 0.717) is 5.75 Å². The largest absolute Gasteiger partial charge is 0.507 e. The first-order valence-electron chi connectivity index (χ1n) is 9.13. The average molecular weight is 338 g/mol. The second-order valence-corrected chi connectivity index (χ2v) is 6.63. The topological polar surface area (TPSA) is 20.2 Å². The van der Waals surface area contributed by atoms with Crippen molar-refractivity contribution in [1.82, 2.24) is 0 Å². The number of phenolic OH excluding ortho intramolecular Hbond substituents is 1. The Kier molecular flexibility index (Phi) is 4.45. The van der Waals surface area contributed by atoms with E-state index in [1.54, 1.807) is 0 Å². The number of aromatic hydroxyl groups is 1. The molecule has 0 spiro atoms. The van der Waals surface area contributed by atoms with Gasteiger partial charge in [-0.1, -0.05) is 97.9 Å². The lowest BCUT2D eigenvalue weighted by Gasteiger charge is -2.22. The molecule has 0 radical (unpaired) electrons. The number of benzene rings is 4. The summed E-state index contributed by atoms with van der Waals surface area (Å²) in [5, 5.41) is 12.7. The quantitative estimate of drug-likeness (QED) is 0.434. The van der Waals surface area contributed by atoms with E-state index in [4.69, 9.17) is 0 Å². The van der Waals surface area contributed by atoms with Gasteiger partial charge in [-0.15, -0.1) is 0 Å². The molecule has 0 aromatic heterocycles. The predicted molar refractivity (Wildman–Crippen MR) is 109 cm³/mol. The number of phenols is 1. The maximum Gasteiger partial charge on any atom is 0.126 e. The Bertz CT molecular complexity index is 980. The highest BCUT2D eigenvalue weighted by molar-refractivity contribution is 5.93. The van der Waals surface area contributed by atoms with Crippen molar-refractivity contribution in [1.29, 1.82) is 0 Å². The standard InChI is InChI=1S/C25H22O/c1-2-18-17-23(21-15-9-10-16-22(21)25(18)26)24(19-11-5-3-6-12-19)20-13-7-4-8-14-20/h3-17,24,26H,2H2,1H3. The highest BCUT2D eigenvalue weighted by Crippen LogP contribution is 2.40. The summed E-state index contributed by atoms with van der Waals surface area (Å²) >= 11 is 0. The van der Waals surface area contributed by atoms with Crippen molar-refractivity contribution in [2.45, 2.75) is 19.3 Å². The van der Waals surface area contributed by atoms with Crippen molar-refractivity contribution in [3.8, 4) is 5.75 Å². The summed E-state index contributed by atoms with van der Waals surface area (Å²) in [5.74, 6) is 0.542. The molecule has 0 amide bonds. The summed E-state index contributed by atoms with van der Waals surface area (Å²) in [7, 11) is 0. The van der Waals surface area contributed by atoms with Crippen LogP contribution in [0.15, 0.2) is 91.0 Å². The third-order valence-electron chi connectivity index (χ3n) is 5.08. The molecule has 4 aromatic rings. The van der Waals surface area contributed by atoms with Crippen LogP contribution in [0.5, 0.6) is 5.75 Å². The summed E-state index contributed by atoms with van der Waals surface area (Å²) in [6.07, 6.45) is 0.806. The molecule has 4 aromatic carbocycles. The fourth-order valence-corrected chi connectivity index (χ4v) is 3.80. The molecular weight excluding hydrogens is 316 g/mol. The van der Waals surface area contributed by atoms with Crippen LogP contribution in [0.25, 0.3) is 10.8 Å². The first-order chi connectivity index (χ1) is 12.8. The summed E-state index contributed by atoms with van der Waals surface area (Å²) in [4.78, 5) is 0. The van der Waals surface area contributed by atoms with Crippen molar-refractivity contribution >= 4 is 10.8 Å². The number of rotatable bonds is 4. The molecule has 0 unspecified atom stereocenters. The maximum atomic E-state index is 10.7. The van der Waals surface area contributed by atoms with Crippen LogP contribution < -0.4 is 0 Å². The minimum atomic E-state index is 0.133. The van der Waals surface area contributed by atoms with Gasteiger partial charge < -0.3 is 5.11 Å². The van der Waals surface area contributed by atoms with Gasteiger partial charge in [0.15, 0.2) is 0 Å². The third-order valence-corrected chi connectivity index (χ3v) is 5.08. The van der Waals surface area contributed by atoms with Gasteiger partial charge in [0.25, 0.3) is 0 Å². The van der Waals surface area contributed by atoms with Gasteiger partial charge >= 0.3 is 0 Å². The van der Waals surface area contributed by atoms with E-state index in [-0.39, 0.29) is 5.92 Å². The molecule has 1 heteroatoms. The van der Waals surface area contributed by atoms with Crippen molar-refractivity contribution < 1.29 is 5.11 Å².